The van der Waals surface area contributed by atoms with E-state index in [-0.39, 0.29) is 11.8 Å². The van der Waals surface area contributed by atoms with Crippen LogP contribution in [-0.4, -0.2) is 25.0 Å². The lowest BCUT2D eigenvalue weighted by molar-refractivity contribution is -0.116. The van der Waals surface area contributed by atoms with Crippen molar-refractivity contribution in [2.75, 3.05) is 23.1 Å². The molecule has 0 radical (unpaired) electrons. The third-order valence-corrected chi connectivity index (χ3v) is 3.78. The second kappa shape index (κ2) is 8.38. The number of carbonyl (C=O) groups is 2. The number of nitrogens with one attached hydrogen (secondary N) is 3. The lowest BCUT2D eigenvalue weighted by Gasteiger charge is -2.18. The number of rotatable bonds is 6. The van der Waals surface area contributed by atoms with Crippen molar-refractivity contribution in [2.45, 2.75) is 33.7 Å². The predicted molar refractivity (Wildman–Crippen MR) is 105 cm³/mol. The fourth-order valence-corrected chi connectivity index (χ4v) is 2.70. The first-order chi connectivity index (χ1) is 12.3. The van der Waals surface area contributed by atoms with Gasteiger partial charge in [0.15, 0.2) is 0 Å². The average molecular weight is 355 g/mol. The Bertz CT molecular complexity index is 798. The van der Waals surface area contributed by atoms with E-state index in [2.05, 4.69) is 22.0 Å². The van der Waals surface area contributed by atoms with Gasteiger partial charge in [0, 0.05) is 18.3 Å². The number of hydrogen-bond acceptors (Lipinski definition) is 4. The molecule has 0 aromatic heterocycles. The van der Waals surface area contributed by atoms with E-state index in [0.717, 1.165) is 16.8 Å². The van der Waals surface area contributed by atoms with Crippen molar-refractivity contribution < 1.29 is 14.3 Å². The first-order valence-electron chi connectivity index (χ1n) is 8.40. The molecule has 0 spiro atoms. The highest BCUT2D eigenvalue weighted by Crippen LogP contribution is 2.28. The van der Waals surface area contributed by atoms with Crippen molar-refractivity contribution in [3.8, 4) is 5.75 Å². The van der Waals surface area contributed by atoms with Gasteiger partial charge in [-0.25, -0.2) is 0 Å². The first-order valence-corrected chi connectivity index (χ1v) is 8.40. The summed E-state index contributed by atoms with van der Waals surface area (Å²) in [7, 11) is 1.53. The molecule has 1 unspecified atom stereocenters. The molecule has 0 heterocycles. The maximum Gasteiger partial charge on any atom is 0.246 e. The van der Waals surface area contributed by atoms with E-state index in [9.17, 15) is 9.59 Å². The normalized spacial score (nSPS) is 11.4. The van der Waals surface area contributed by atoms with Crippen LogP contribution in [0.4, 0.5) is 17.1 Å². The van der Waals surface area contributed by atoms with Crippen molar-refractivity contribution in [3.63, 3.8) is 0 Å². The SMILES string of the molecule is COc1ccc(NC(C)=O)cc1NC(=O)C(C)Nc1cc(C)cc(C)c1. The van der Waals surface area contributed by atoms with Gasteiger partial charge in [-0.2, -0.15) is 0 Å². The fraction of sp³-hybridized carbons (Fsp3) is 0.300. The molecule has 0 aliphatic rings. The maximum absolute atomic E-state index is 12.6. The second-order valence-corrected chi connectivity index (χ2v) is 6.33. The van der Waals surface area contributed by atoms with E-state index < -0.39 is 6.04 Å². The van der Waals surface area contributed by atoms with Gasteiger partial charge in [-0.05, 0) is 62.2 Å². The molecular formula is C20H25N3O3. The van der Waals surface area contributed by atoms with E-state index in [1.807, 2.05) is 26.0 Å². The third-order valence-electron chi connectivity index (χ3n) is 3.78. The van der Waals surface area contributed by atoms with Crippen LogP contribution in [0.1, 0.15) is 25.0 Å². The van der Waals surface area contributed by atoms with Crippen molar-refractivity contribution in [2.24, 2.45) is 0 Å². The molecular weight excluding hydrogens is 330 g/mol. The van der Waals surface area contributed by atoms with Crippen LogP contribution in [0, 0.1) is 13.8 Å². The minimum Gasteiger partial charge on any atom is -0.495 e. The monoisotopic (exact) mass is 355 g/mol. The van der Waals surface area contributed by atoms with Crippen molar-refractivity contribution in [1.82, 2.24) is 0 Å². The molecule has 0 saturated carbocycles. The standard InChI is InChI=1S/C20H25N3O3/c1-12-8-13(2)10-17(9-12)21-14(3)20(25)23-18-11-16(22-15(4)24)6-7-19(18)26-5/h6-11,14,21H,1-5H3,(H,22,24)(H,23,25). The zero-order valence-electron chi connectivity index (χ0n) is 15.8. The number of methoxy groups -OCH3 is 1. The third kappa shape index (κ3) is 5.24. The van der Waals surface area contributed by atoms with E-state index in [0.29, 0.717) is 17.1 Å². The van der Waals surface area contributed by atoms with Gasteiger partial charge in [0.1, 0.15) is 11.8 Å². The van der Waals surface area contributed by atoms with Crippen molar-refractivity contribution in [3.05, 3.63) is 47.5 Å². The quantitative estimate of drug-likeness (QED) is 0.738. The number of ether oxygens (including phenoxy) is 1. The number of benzene rings is 2. The van der Waals surface area contributed by atoms with Gasteiger partial charge >= 0.3 is 0 Å². The fourth-order valence-electron chi connectivity index (χ4n) is 2.70. The molecule has 0 fully saturated rings. The summed E-state index contributed by atoms with van der Waals surface area (Å²) >= 11 is 0. The Balaban J connectivity index is 2.13. The molecule has 1 atom stereocenters. The molecule has 6 heteroatoms. The lowest BCUT2D eigenvalue weighted by atomic mass is 10.1. The van der Waals surface area contributed by atoms with E-state index >= 15 is 0 Å². The molecule has 0 aliphatic heterocycles. The zero-order valence-corrected chi connectivity index (χ0v) is 15.8. The van der Waals surface area contributed by atoms with Crippen LogP contribution in [0.25, 0.3) is 0 Å². The smallest absolute Gasteiger partial charge is 0.246 e. The van der Waals surface area contributed by atoms with Crippen LogP contribution in [0.3, 0.4) is 0 Å². The Hall–Kier alpha value is -3.02. The Kier molecular flexibility index (Phi) is 6.22. The molecule has 0 saturated heterocycles. The lowest BCUT2D eigenvalue weighted by Crippen LogP contribution is -2.32. The number of anilines is 3. The molecule has 2 aromatic carbocycles. The van der Waals surface area contributed by atoms with E-state index in [1.165, 1.54) is 14.0 Å². The number of amides is 2. The summed E-state index contributed by atoms with van der Waals surface area (Å²) in [6.45, 7) is 7.25. The van der Waals surface area contributed by atoms with Crippen LogP contribution in [-0.2, 0) is 9.59 Å². The minimum absolute atomic E-state index is 0.183. The molecule has 138 valence electrons. The molecule has 26 heavy (non-hydrogen) atoms. The highest BCUT2D eigenvalue weighted by atomic mass is 16.5. The minimum atomic E-state index is -0.453. The van der Waals surface area contributed by atoms with E-state index in [1.54, 1.807) is 25.1 Å². The van der Waals surface area contributed by atoms with Crippen molar-refractivity contribution in [1.29, 1.82) is 0 Å². The van der Waals surface area contributed by atoms with Gasteiger partial charge in [-0.15, -0.1) is 0 Å². The summed E-state index contributed by atoms with van der Waals surface area (Å²) in [5, 5.41) is 8.74. The first kappa shape index (κ1) is 19.3. The number of carbonyl (C=O) groups excluding carboxylic acids is 2. The second-order valence-electron chi connectivity index (χ2n) is 6.33. The summed E-state index contributed by atoms with van der Waals surface area (Å²) < 4.78 is 5.29. The summed E-state index contributed by atoms with van der Waals surface area (Å²) in [6.07, 6.45) is 0. The summed E-state index contributed by atoms with van der Waals surface area (Å²) in [6, 6.07) is 10.7. The average Bonchev–Trinajstić information content (AvgIpc) is 2.53. The Morgan fingerprint density at radius 3 is 2.19 bits per heavy atom. The summed E-state index contributed by atoms with van der Waals surface area (Å²) in [5.74, 6) is 0.130. The Morgan fingerprint density at radius 2 is 1.62 bits per heavy atom. The zero-order chi connectivity index (χ0) is 19.3. The van der Waals surface area contributed by atoms with Crippen LogP contribution in [0.15, 0.2) is 36.4 Å². The van der Waals surface area contributed by atoms with Gasteiger partial charge < -0.3 is 20.7 Å². The largest absolute Gasteiger partial charge is 0.495 e. The molecule has 3 N–H and O–H groups in total. The highest BCUT2D eigenvalue weighted by molar-refractivity contribution is 5.98. The molecule has 6 nitrogen and oxygen atoms in total. The van der Waals surface area contributed by atoms with Crippen LogP contribution in [0.5, 0.6) is 5.75 Å². The Labute approximate surface area is 153 Å². The van der Waals surface area contributed by atoms with Gasteiger partial charge in [0.2, 0.25) is 11.8 Å². The van der Waals surface area contributed by atoms with Crippen LogP contribution in [0.2, 0.25) is 0 Å². The molecule has 2 rings (SSSR count). The molecule has 2 amide bonds. The molecule has 0 aliphatic carbocycles. The molecule has 2 aromatic rings. The summed E-state index contributed by atoms with van der Waals surface area (Å²) in [4.78, 5) is 23.8. The van der Waals surface area contributed by atoms with E-state index in [4.69, 9.17) is 4.74 Å². The number of aryl methyl sites for hydroxylation is 2. The van der Waals surface area contributed by atoms with Crippen molar-refractivity contribution >= 4 is 28.9 Å². The highest BCUT2D eigenvalue weighted by Gasteiger charge is 2.16. The van der Waals surface area contributed by atoms with Gasteiger partial charge in [0.05, 0.1) is 12.8 Å². The number of hydrogen-bond donors (Lipinski definition) is 3. The van der Waals surface area contributed by atoms with Gasteiger partial charge in [0.25, 0.3) is 0 Å². The molecule has 0 bridgehead atoms. The topological polar surface area (TPSA) is 79.5 Å². The summed E-state index contributed by atoms with van der Waals surface area (Å²) in [5.41, 5.74) is 4.24. The van der Waals surface area contributed by atoms with Gasteiger partial charge in [-0.1, -0.05) is 6.07 Å². The van der Waals surface area contributed by atoms with Gasteiger partial charge in [-0.3, -0.25) is 9.59 Å². The predicted octanol–water partition coefficient (Wildman–Crippen LogP) is 3.71. The van der Waals surface area contributed by atoms with Crippen LogP contribution < -0.4 is 20.7 Å². The Morgan fingerprint density at radius 1 is 0.962 bits per heavy atom. The maximum atomic E-state index is 12.6. The van der Waals surface area contributed by atoms with Crippen LogP contribution >= 0.6 is 0 Å².